The number of carbonyl (C=O) groups is 1. The number of primary amides is 1. The van der Waals surface area contributed by atoms with Gasteiger partial charge in [-0.05, 0) is 31.0 Å². The number of nitrogens with zero attached hydrogens (tertiary/aromatic N) is 1. The van der Waals surface area contributed by atoms with Gasteiger partial charge in [0.2, 0.25) is 5.91 Å². The van der Waals surface area contributed by atoms with E-state index in [2.05, 4.69) is 0 Å². The molecule has 0 aliphatic heterocycles. The van der Waals surface area contributed by atoms with Crippen LogP contribution in [0.15, 0.2) is 24.3 Å². The van der Waals surface area contributed by atoms with Crippen LogP contribution in [0.2, 0.25) is 0 Å². The number of benzene rings is 1. The van der Waals surface area contributed by atoms with Gasteiger partial charge >= 0.3 is 0 Å². The molecule has 106 valence electrons. The molecule has 5 heteroatoms. The number of rotatable bonds is 9. The minimum absolute atomic E-state index is 0.251. The van der Waals surface area contributed by atoms with E-state index in [0.717, 1.165) is 24.2 Å². The summed E-state index contributed by atoms with van der Waals surface area (Å²) in [4.78, 5) is 13.1. The molecular formula is C14H23N3O2. The van der Waals surface area contributed by atoms with E-state index in [-0.39, 0.29) is 12.5 Å². The quantitative estimate of drug-likeness (QED) is 0.515. The van der Waals surface area contributed by atoms with Crippen molar-refractivity contribution < 1.29 is 9.53 Å². The van der Waals surface area contributed by atoms with Gasteiger partial charge in [0.1, 0.15) is 0 Å². The van der Waals surface area contributed by atoms with E-state index in [9.17, 15) is 4.79 Å². The highest BCUT2D eigenvalue weighted by molar-refractivity contribution is 5.75. The van der Waals surface area contributed by atoms with Crippen LogP contribution in [-0.4, -0.2) is 37.1 Å². The minimum Gasteiger partial charge on any atom is -0.399 e. The van der Waals surface area contributed by atoms with Gasteiger partial charge in [-0.3, -0.25) is 9.69 Å². The van der Waals surface area contributed by atoms with Gasteiger partial charge in [0.05, 0.1) is 6.54 Å². The highest BCUT2D eigenvalue weighted by Gasteiger charge is 2.09. The molecule has 0 saturated carbocycles. The smallest absolute Gasteiger partial charge is 0.231 e. The van der Waals surface area contributed by atoms with Gasteiger partial charge in [0, 0.05) is 32.0 Å². The summed E-state index contributed by atoms with van der Waals surface area (Å²) in [6.07, 6.45) is 0.878. The first-order valence-corrected chi connectivity index (χ1v) is 6.54. The maximum atomic E-state index is 11.1. The number of nitrogen functional groups attached to an aromatic ring is 1. The Bertz CT molecular complexity index is 396. The lowest BCUT2D eigenvalue weighted by Gasteiger charge is -2.20. The topological polar surface area (TPSA) is 81.6 Å². The molecule has 1 aromatic rings. The molecule has 1 amide bonds. The molecule has 19 heavy (non-hydrogen) atoms. The number of nitrogens with two attached hydrogens (primary N) is 2. The van der Waals surface area contributed by atoms with E-state index in [1.54, 1.807) is 0 Å². The Morgan fingerprint density at radius 1 is 1.42 bits per heavy atom. The van der Waals surface area contributed by atoms with Gasteiger partial charge in [-0.25, -0.2) is 0 Å². The first kappa shape index (κ1) is 15.5. The molecule has 0 unspecified atom stereocenters. The van der Waals surface area contributed by atoms with Crippen molar-refractivity contribution in [3.8, 4) is 0 Å². The van der Waals surface area contributed by atoms with Crippen LogP contribution in [0.4, 0.5) is 5.69 Å². The van der Waals surface area contributed by atoms with Crippen LogP contribution in [-0.2, 0) is 16.1 Å². The van der Waals surface area contributed by atoms with Crippen LogP contribution < -0.4 is 11.5 Å². The lowest BCUT2D eigenvalue weighted by atomic mass is 10.2. The molecule has 5 nitrogen and oxygen atoms in total. The molecule has 4 N–H and O–H groups in total. The Morgan fingerprint density at radius 3 is 2.84 bits per heavy atom. The van der Waals surface area contributed by atoms with Crippen molar-refractivity contribution in [2.24, 2.45) is 5.73 Å². The van der Waals surface area contributed by atoms with Crippen LogP contribution >= 0.6 is 0 Å². The van der Waals surface area contributed by atoms with Crippen molar-refractivity contribution in [2.45, 2.75) is 19.9 Å². The van der Waals surface area contributed by atoms with Crippen LogP contribution in [0, 0.1) is 0 Å². The van der Waals surface area contributed by atoms with E-state index < -0.39 is 0 Å². The molecule has 0 aliphatic carbocycles. The summed E-state index contributed by atoms with van der Waals surface area (Å²) in [6.45, 7) is 5.07. The predicted molar refractivity (Wildman–Crippen MR) is 76.4 cm³/mol. The molecule has 0 radical (unpaired) electrons. The second kappa shape index (κ2) is 8.50. The van der Waals surface area contributed by atoms with Gasteiger partial charge in [-0.2, -0.15) is 0 Å². The summed E-state index contributed by atoms with van der Waals surface area (Å²) >= 11 is 0. The zero-order chi connectivity index (χ0) is 14.1. The van der Waals surface area contributed by atoms with Gasteiger partial charge in [-0.1, -0.05) is 12.1 Å². The lowest BCUT2D eigenvalue weighted by molar-refractivity contribution is -0.119. The summed E-state index contributed by atoms with van der Waals surface area (Å²) in [5, 5.41) is 0. The Labute approximate surface area is 114 Å². The van der Waals surface area contributed by atoms with Gasteiger partial charge < -0.3 is 16.2 Å². The van der Waals surface area contributed by atoms with Crippen LogP contribution in [0.3, 0.4) is 0 Å². The summed E-state index contributed by atoms with van der Waals surface area (Å²) in [6, 6.07) is 7.66. The van der Waals surface area contributed by atoms with Gasteiger partial charge in [-0.15, -0.1) is 0 Å². The zero-order valence-electron chi connectivity index (χ0n) is 11.5. The normalized spacial score (nSPS) is 10.8. The first-order valence-electron chi connectivity index (χ1n) is 6.54. The number of ether oxygens (including phenoxy) is 1. The van der Waals surface area contributed by atoms with Gasteiger partial charge in [0.25, 0.3) is 0 Å². The fourth-order valence-electron chi connectivity index (χ4n) is 1.92. The maximum Gasteiger partial charge on any atom is 0.231 e. The molecule has 0 spiro atoms. The molecule has 0 atom stereocenters. The number of anilines is 1. The third-order valence-corrected chi connectivity index (χ3v) is 2.70. The van der Waals surface area contributed by atoms with Gasteiger partial charge in [0.15, 0.2) is 0 Å². The first-order chi connectivity index (χ1) is 9.11. The Balaban J connectivity index is 2.51. The van der Waals surface area contributed by atoms with Crippen molar-refractivity contribution in [1.29, 1.82) is 0 Å². The Morgan fingerprint density at radius 2 is 2.21 bits per heavy atom. The minimum atomic E-state index is -0.319. The fraction of sp³-hybridized carbons (Fsp3) is 0.500. The van der Waals surface area contributed by atoms with Crippen molar-refractivity contribution in [2.75, 3.05) is 32.0 Å². The van der Waals surface area contributed by atoms with Crippen LogP contribution in [0.25, 0.3) is 0 Å². The lowest BCUT2D eigenvalue weighted by Crippen LogP contribution is -2.34. The summed E-state index contributed by atoms with van der Waals surface area (Å²) < 4.78 is 5.30. The van der Waals surface area contributed by atoms with E-state index in [1.165, 1.54) is 0 Å². The highest BCUT2D eigenvalue weighted by Crippen LogP contribution is 2.09. The number of hydrogen-bond acceptors (Lipinski definition) is 4. The van der Waals surface area contributed by atoms with E-state index >= 15 is 0 Å². The van der Waals surface area contributed by atoms with Crippen LogP contribution in [0.1, 0.15) is 18.9 Å². The summed E-state index contributed by atoms with van der Waals surface area (Å²) in [5.74, 6) is -0.319. The van der Waals surface area contributed by atoms with Crippen LogP contribution in [0.5, 0.6) is 0 Å². The van der Waals surface area contributed by atoms with E-state index in [1.807, 2.05) is 36.1 Å². The Hall–Kier alpha value is -1.59. The molecular weight excluding hydrogens is 242 g/mol. The van der Waals surface area contributed by atoms with E-state index in [4.69, 9.17) is 16.2 Å². The third kappa shape index (κ3) is 6.79. The average molecular weight is 265 g/mol. The molecule has 0 saturated heterocycles. The van der Waals surface area contributed by atoms with Crippen molar-refractivity contribution in [1.82, 2.24) is 4.90 Å². The van der Waals surface area contributed by atoms with Crippen molar-refractivity contribution in [3.05, 3.63) is 29.8 Å². The number of carbonyl (C=O) groups excluding carboxylic acids is 1. The van der Waals surface area contributed by atoms with Crippen molar-refractivity contribution in [3.63, 3.8) is 0 Å². The molecule has 0 heterocycles. The molecule has 0 aromatic heterocycles. The van der Waals surface area contributed by atoms with Crippen molar-refractivity contribution >= 4 is 11.6 Å². The molecule has 0 bridgehead atoms. The SMILES string of the molecule is CCOCCCN(CC(N)=O)Cc1cccc(N)c1. The summed E-state index contributed by atoms with van der Waals surface area (Å²) in [5.41, 5.74) is 12.8. The molecule has 0 aliphatic rings. The number of hydrogen-bond donors (Lipinski definition) is 2. The maximum absolute atomic E-state index is 11.1. The fourth-order valence-corrected chi connectivity index (χ4v) is 1.92. The summed E-state index contributed by atoms with van der Waals surface area (Å²) in [7, 11) is 0. The average Bonchev–Trinajstić information content (AvgIpc) is 2.34. The Kier molecular flexibility index (Phi) is 6.92. The second-order valence-corrected chi connectivity index (χ2v) is 4.47. The standard InChI is InChI=1S/C14H23N3O2/c1-2-19-8-4-7-17(11-14(16)18)10-12-5-3-6-13(15)9-12/h3,5-6,9H,2,4,7-8,10-11,15H2,1H3,(H2,16,18). The monoisotopic (exact) mass is 265 g/mol. The highest BCUT2D eigenvalue weighted by atomic mass is 16.5. The largest absolute Gasteiger partial charge is 0.399 e. The molecule has 1 aromatic carbocycles. The third-order valence-electron chi connectivity index (χ3n) is 2.70. The second-order valence-electron chi connectivity index (χ2n) is 4.47. The molecule has 1 rings (SSSR count). The molecule has 0 fully saturated rings. The number of amides is 1. The zero-order valence-corrected chi connectivity index (χ0v) is 11.5. The predicted octanol–water partition coefficient (Wildman–Crippen LogP) is 0.983. The van der Waals surface area contributed by atoms with E-state index in [0.29, 0.717) is 19.8 Å².